The molecule has 2 aromatic rings. The minimum Gasteiger partial charge on any atom is -0.488 e. The summed E-state index contributed by atoms with van der Waals surface area (Å²) in [7, 11) is 0. The van der Waals surface area contributed by atoms with Crippen LogP contribution in [0.5, 0.6) is 5.75 Å². The molecule has 0 spiro atoms. The lowest BCUT2D eigenvalue weighted by molar-refractivity contribution is -0.139. The Morgan fingerprint density at radius 1 is 1.21 bits per heavy atom. The smallest absolute Gasteiger partial charge is 0.312 e. The lowest BCUT2D eigenvalue weighted by atomic mass is 10.2. The summed E-state index contributed by atoms with van der Waals surface area (Å²) in [6.45, 7) is 0.0727. The lowest BCUT2D eigenvalue weighted by Crippen LogP contribution is -2.16. The summed E-state index contributed by atoms with van der Waals surface area (Å²) < 4.78 is 18.6. The van der Waals surface area contributed by atoms with Gasteiger partial charge in [0.05, 0.1) is 5.56 Å². The molecule has 0 heterocycles. The number of amides is 1. The molecule has 1 amide bonds. The zero-order valence-electron chi connectivity index (χ0n) is 12.5. The fourth-order valence-electron chi connectivity index (χ4n) is 1.98. The number of hydrogen-bond acceptors (Lipinski definition) is 4. The molecular weight excluding hydrogens is 317 g/mol. The average molecular weight is 331 g/mol. The van der Waals surface area contributed by atoms with Crippen molar-refractivity contribution in [2.24, 2.45) is 0 Å². The number of halogens is 1. The standard InChI is InChI=1S/C17H14FNO5/c18-13-3-1-2-11(6-13)10-24-15-5-4-14(7-12(15)9-20)19-16(21)8-17(22)23/h1-7,9H,8,10H2,(H,19,21)(H,22,23). The van der Waals surface area contributed by atoms with Gasteiger partial charge in [-0.3, -0.25) is 14.4 Å². The highest BCUT2D eigenvalue weighted by Gasteiger charge is 2.10. The van der Waals surface area contributed by atoms with Gasteiger partial charge in [0.25, 0.3) is 0 Å². The Labute approximate surface area is 136 Å². The van der Waals surface area contributed by atoms with Crippen molar-refractivity contribution in [3.8, 4) is 5.75 Å². The first-order chi connectivity index (χ1) is 11.5. The van der Waals surface area contributed by atoms with Gasteiger partial charge in [0.1, 0.15) is 24.6 Å². The molecule has 7 heteroatoms. The fourth-order valence-corrected chi connectivity index (χ4v) is 1.98. The van der Waals surface area contributed by atoms with Crippen LogP contribution in [0, 0.1) is 5.82 Å². The number of rotatable bonds is 7. The summed E-state index contributed by atoms with van der Waals surface area (Å²) in [4.78, 5) is 33.0. The zero-order chi connectivity index (χ0) is 17.5. The summed E-state index contributed by atoms with van der Waals surface area (Å²) >= 11 is 0. The van der Waals surface area contributed by atoms with E-state index < -0.39 is 18.3 Å². The van der Waals surface area contributed by atoms with Gasteiger partial charge in [-0.05, 0) is 35.9 Å². The van der Waals surface area contributed by atoms with Crippen molar-refractivity contribution in [1.82, 2.24) is 0 Å². The van der Waals surface area contributed by atoms with Crippen LogP contribution in [0.3, 0.4) is 0 Å². The van der Waals surface area contributed by atoms with E-state index in [0.29, 0.717) is 11.8 Å². The third kappa shape index (κ3) is 4.91. The van der Waals surface area contributed by atoms with E-state index in [2.05, 4.69) is 5.32 Å². The van der Waals surface area contributed by atoms with Crippen LogP contribution in [0.15, 0.2) is 42.5 Å². The highest BCUT2D eigenvalue weighted by Crippen LogP contribution is 2.22. The molecule has 2 N–H and O–H groups in total. The highest BCUT2D eigenvalue weighted by atomic mass is 19.1. The summed E-state index contributed by atoms with van der Waals surface area (Å²) in [5.74, 6) is -2.07. The van der Waals surface area contributed by atoms with Crippen molar-refractivity contribution in [3.05, 3.63) is 59.4 Å². The number of carbonyl (C=O) groups is 3. The molecule has 124 valence electrons. The number of carboxylic acid groups (broad SMARTS) is 1. The fraction of sp³-hybridized carbons (Fsp3) is 0.118. The van der Waals surface area contributed by atoms with Crippen LogP contribution in [0.1, 0.15) is 22.3 Å². The van der Waals surface area contributed by atoms with Gasteiger partial charge in [0.2, 0.25) is 5.91 Å². The largest absolute Gasteiger partial charge is 0.488 e. The second-order valence-electron chi connectivity index (χ2n) is 4.91. The van der Waals surface area contributed by atoms with Crippen molar-refractivity contribution >= 4 is 23.9 Å². The molecule has 2 rings (SSSR count). The molecule has 0 atom stereocenters. The number of carboxylic acids is 1. The van der Waals surface area contributed by atoms with E-state index in [1.165, 1.54) is 30.3 Å². The second kappa shape index (κ2) is 7.87. The highest BCUT2D eigenvalue weighted by molar-refractivity contribution is 6.01. The number of aldehydes is 1. The van der Waals surface area contributed by atoms with Gasteiger partial charge < -0.3 is 15.2 Å². The molecule has 2 aromatic carbocycles. The van der Waals surface area contributed by atoms with E-state index in [4.69, 9.17) is 9.84 Å². The summed E-state index contributed by atoms with van der Waals surface area (Å²) in [6, 6.07) is 10.2. The molecule has 0 aliphatic heterocycles. The lowest BCUT2D eigenvalue weighted by Gasteiger charge is -2.11. The van der Waals surface area contributed by atoms with Crippen LogP contribution in [0.2, 0.25) is 0 Å². The van der Waals surface area contributed by atoms with Crippen molar-refractivity contribution in [3.63, 3.8) is 0 Å². The molecule has 0 aromatic heterocycles. The number of aliphatic carboxylic acids is 1. The molecule has 0 saturated heterocycles. The predicted octanol–water partition coefficient (Wildman–Crippen LogP) is 2.63. The SMILES string of the molecule is O=Cc1cc(NC(=O)CC(=O)O)ccc1OCc1cccc(F)c1. The molecule has 0 aliphatic rings. The van der Waals surface area contributed by atoms with Crippen LogP contribution in [-0.2, 0) is 16.2 Å². The van der Waals surface area contributed by atoms with Gasteiger partial charge in [-0.1, -0.05) is 12.1 Å². The van der Waals surface area contributed by atoms with Crippen molar-refractivity contribution in [2.75, 3.05) is 5.32 Å². The molecule has 0 bridgehead atoms. The van der Waals surface area contributed by atoms with E-state index >= 15 is 0 Å². The normalized spacial score (nSPS) is 10.0. The third-order valence-corrected chi connectivity index (χ3v) is 3.02. The average Bonchev–Trinajstić information content (AvgIpc) is 2.52. The minimum atomic E-state index is -1.25. The Morgan fingerprint density at radius 2 is 2.00 bits per heavy atom. The van der Waals surface area contributed by atoms with Gasteiger partial charge in [0, 0.05) is 5.69 Å². The van der Waals surface area contributed by atoms with Crippen LogP contribution in [0.25, 0.3) is 0 Å². The van der Waals surface area contributed by atoms with Crippen LogP contribution < -0.4 is 10.1 Å². The molecule has 0 fully saturated rings. The predicted molar refractivity (Wildman–Crippen MR) is 83.4 cm³/mol. The van der Waals surface area contributed by atoms with Crippen LogP contribution in [0.4, 0.5) is 10.1 Å². The third-order valence-electron chi connectivity index (χ3n) is 3.02. The summed E-state index contributed by atoms with van der Waals surface area (Å²) in [5, 5.41) is 10.9. The summed E-state index contributed by atoms with van der Waals surface area (Å²) in [6.07, 6.45) is -0.123. The first-order valence-electron chi connectivity index (χ1n) is 6.96. The van der Waals surface area contributed by atoms with Crippen molar-refractivity contribution in [2.45, 2.75) is 13.0 Å². The zero-order valence-corrected chi connectivity index (χ0v) is 12.5. The quantitative estimate of drug-likeness (QED) is 0.601. The number of hydrogen-bond donors (Lipinski definition) is 2. The van der Waals surface area contributed by atoms with E-state index in [1.54, 1.807) is 12.1 Å². The maximum absolute atomic E-state index is 13.1. The molecule has 24 heavy (non-hydrogen) atoms. The van der Waals surface area contributed by atoms with E-state index in [0.717, 1.165) is 0 Å². The molecule has 6 nitrogen and oxygen atoms in total. The molecule has 0 radical (unpaired) electrons. The summed E-state index contributed by atoms with van der Waals surface area (Å²) in [5.41, 5.74) is 1.06. The first kappa shape index (κ1) is 17.1. The van der Waals surface area contributed by atoms with Gasteiger partial charge in [-0.15, -0.1) is 0 Å². The van der Waals surface area contributed by atoms with Crippen molar-refractivity contribution < 1.29 is 28.6 Å². The van der Waals surface area contributed by atoms with Crippen molar-refractivity contribution in [1.29, 1.82) is 0 Å². The monoisotopic (exact) mass is 331 g/mol. The molecular formula is C17H14FNO5. The maximum atomic E-state index is 13.1. The first-order valence-corrected chi connectivity index (χ1v) is 6.96. The maximum Gasteiger partial charge on any atom is 0.312 e. The Kier molecular flexibility index (Phi) is 5.62. The number of carbonyl (C=O) groups excluding carboxylic acids is 2. The van der Waals surface area contributed by atoms with Crippen LogP contribution in [-0.4, -0.2) is 23.3 Å². The van der Waals surface area contributed by atoms with E-state index in [1.807, 2.05) is 0 Å². The Balaban J connectivity index is 2.07. The molecule has 0 aliphatic carbocycles. The van der Waals surface area contributed by atoms with E-state index in [9.17, 15) is 18.8 Å². The van der Waals surface area contributed by atoms with Gasteiger partial charge >= 0.3 is 5.97 Å². The topological polar surface area (TPSA) is 92.7 Å². The molecule has 0 saturated carbocycles. The minimum absolute atomic E-state index is 0.0727. The molecule has 0 unspecified atom stereocenters. The second-order valence-corrected chi connectivity index (χ2v) is 4.91. The number of anilines is 1. The Morgan fingerprint density at radius 3 is 2.67 bits per heavy atom. The van der Waals surface area contributed by atoms with Crippen LogP contribution >= 0.6 is 0 Å². The number of ether oxygens (including phenoxy) is 1. The Bertz CT molecular complexity index is 775. The van der Waals surface area contributed by atoms with Gasteiger partial charge in [0.15, 0.2) is 6.29 Å². The van der Waals surface area contributed by atoms with E-state index in [-0.39, 0.29) is 29.4 Å². The van der Waals surface area contributed by atoms with Gasteiger partial charge in [-0.25, -0.2) is 4.39 Å². The number of nitrogens with one attached hydrogen (secondary N) is 1. The van der Waals surface area contributed by atoms with Gasteiger partial charge in [-0.2, -0.15) is 0 Å². The number of benzene rings is 2. The Hall–Kier alpha value is -3.22.